The van der Waals surface area contributed by atoms with Gasteiger partial charge in [-0.2, -0.15) is 0 Å². The van der Waals surface area contributed by atoms with E-state index in [0.29, 0.717) is 0 Å². The smallest absolute Gasteiger partial charge is 0.135 e. The van der Waals surface area contributed by atoms with Gasteiger partial charge in [-0.1, -0.05) is 72.8 Å². The molecule has 0 radical (unpaired) electrons. The molecule has 0 atom stereocenters. The summed E-state index contributed by atoms with van der Waals surface area (Å²) < 4.78 is 33.5. The lowest BCUT2D eigenvalue weighted by molar-refractivity contribution is 0.452. The van der Waals surface area contributed by atoms with Gasteiger partial charge >= 0.3 is 0 Å². The van der Waals surface area contributed by atoms with Crippen LogP contribution in [0.3, 0.4) is 0 Å². The van der Waals surface area contributed by atoms with Crippen LogP contribution in [-0.4, -0.2) is 10.2 Å². The van der Waals surface area contributed by atoms with E-state index >= 15 is 0 Å². The number of phenols is 2. The van der Waals surface area contributed by atoms with Crippen LogP contribution in [0.1, 0.15) is 0 Å². The first kappa shape index (κ1) is 22.2. The van der Waals surface area contributed by atoms with Gasteiger partial charge in [-0.25, -0.2) is 8.78 Å². The molecule has 0 unspecified atom stereocenters. The second kappa shape index (κ2) is 9.31. The first-order valence-electron chi connectivity index (χ1n) is 10.9. The molecular weight excluding hydrogens is 446 g/mol. The van der Waals surface area contributed by atoms with Gasteiger partial charge in [0.25, 0.3) is 0 Å². The third kappa shape index (κ3) is 4.32. The third-order valence-electron chi connectivity index (χ3n) is 5.73. The molecule has 0 aliphatic heterocycles. The molecule has 0 spiro atoms. The summed E-state index contributed by atoms with van der Waals surface area (Å²) in [4.78, 5) is 0. The Kier molecular flexibility index (Phi) is 5.90. The van der Waals surface area contributed by atoms with Crippen LogP contribution in [0.5, 0.6) is 11.5 Å². The number of furan rings is 1. The fraction of sp³-hybridized carbons (Fsp3) is 0. The summed E-state index contributed by atoms with van der Waals surface area (Å²) in [5.41, 5.74) is 2.66. The van der Waals surface area contributed by atoms with Crippen LogP contribution in [-0.2, 0) is 0 Å². The van der Waals surface area contributed by atoms with E-state index in [9.17, 15) is 19.0 Å². The van der Waals surface area contributed by atoms with E-state index in [1.807, 2.05) is 36.4 Å². The molecular formula is C30H20F2O3. The number of fused-ring (bicyclic) bond motifs is 3. The van der Waals surface area contributed by atoms with Crippen molar-refractivity contribution in [3.05, 3.63) is 121 Å². The van der Waals surface area contributed by atoms with Crippen LogP contribution in [0.25, 0.3) is 44.2 Å². The summed E-state index contributed by atoms with van der Waals surface area (Å²) in [6.45, 7) is 0. The number of para-hydroxylation sites is 2. The average molecular weight is 466 g/mol. The highest BCUT2D eigenvalue weighted by molar-refractivity contribution is 6.04. The van der Waals surface area contributed by atoms with Gasteiger partial charge in [0.05, 0.1) is 0 Å². The number of benzene rings is 5. The lowest BCUT2D eigenvalue weighted by atomic mass is 9.96. The van der Waals surface area contributed by atoms with E-state index in [1.54, 1.807) is 12.1 Å². The Balaban J connectivity index is 0.000000164. The molecule has 0 aliphatic carbocycles. The van der Waals surface area contributed by atoms with E-state index in [4.69, 9.17) is 4.42 Å². The molecule has 1 heterocycles. The van der Waals surface area contributed by atoms with Crippen LogP contribution >= 0.6 is 0 Å². The SMILES string of the molecule is Oc1cc(O)c(-c2ccccc2F)cc1-c1ccccc1F.c1ccc2c(c1)oc1ccccc12. The monoisotopic (exact) mass is 466 g/mol. The molecule has 0 amide bonds. The summed E-state index contributed by atoms with van der Waals surface area (Å²) in [7, 11) is 0. The minimum absolute atomic E-state index is 0.178. The van der Waals surface area contributed by atoms with E-state index in [2.05, 4.69) is 12.1 Å². The predicted molar refractivity (Wildman–Crippen MR) is 134 cm³/mol. The molecule has 0 saturated carbocycles. The van der Waals surface area contributed by atoms with Gasteiger partial charge < -0.3 is 14.6 Å². The zero-order chi connectivity index (χ0) is 24.4. The number of phenolic OH excluding ortho intramolecular Hbond substituents is 2. The maximum Gasteiger partial charge on any atom is 0.135 e. The van der Waals surface area contributed by atoms with Crippen LogP contribution in [0.15, 0.2) is 114 Å². The van der Waals surface area contributed by atoms with Crippen molar-refractivity contribution in [2.75, 3.05) is 0 Å². The van der Waals surface area contributed by atoms with Crippen molar-refractivity contribution in [2.45, 2.75) is 0 Å². The maximum atomic E-state index is 13.9. The Labute approximate surface area is 200 Å². The normalized spacial score (nSPS) is 10.8. The van der Waals surface area contributed by atoms with Gasteiger partial charge in [-0.15, -0.1) is 0 Å². The van der Waals surface area contributed by atoms with E-state index in [-0.39, 0.29) is 33.8 Å². The molecule has 6 aromatic rings. The Morgan fingerprint density at radius 1 is 0.457 bits per heavy atom. The van der Waals surface area contributed by atoms with Gasteiger partial charge in [0.2, 0.25) is 0 Å². The van der Waals surface area contributed by atoms with Gasteiger partial charge in [-0.3, -0.25) is 0 Å². The molecule has 0 saturated heterocycles. The fourth-order valence-electron chi connectivity index (χ4n) is 4.04. The molecule has 5 aromatic carbocycles. The van der Waals surface area contributed by atoms with Crippen molar-refractivity contribution >= 4 is 21.9 Å². The predicted octanol–water partition coefficient (Wildman–Crippen LogP) is 8.30. The number of rotatable bonds is 2. The summed E-state index contributed by atoms with van der Waals surface area (Å²) in [5, 5.41) is 22.4. The largest absolute Gasteiger partial charge is 0.507 e. The van der Waals surface area contributed by atoms with Crippen molar-refractivity contribution in [3.8, 4) is 33.8 Å². The topological polar surface area (TPSA) is 53.6 Å². The number of aromatic hydroxyl groups is 2. The van der Waals surface area contributed by atoms with Gasteiger partial charge in [-0.05, 0) is 30.3 Å². The first-order chi connectivity index (χ1) is 17.0. The standard InChI is InChI=1S/C18H12F2O2.C12H8O/c19-15-7-3-1-5-11(15)13-9-14(18(22)10-17(13)21)12-6-2-4-8-16(12)20;1-3-7-11-9(5-1)10-6-2-4-8-12(10)13-11/h1-10,21-22H;1-8H. The van der Waals surface area contributed by atoms with Crippen LogP contribution in [0, 0.1) is 11.6 Å². The van der Waals surface area contributed by atoms with Gasteiger partial charge in [0.1, 0.15) is 34.3 Å². The van der Waals surface area contributed by atoms with Crippen LogP contribution in [0.2, 0.25) is 0 Å². The summed E-state index contributed by atoms with van der Waals surface area (Å²) in [6.07, 6.45) is 0. The Morgan fingerprint density at radius 3 is 1.31 bits per heavy atom. The molecule has 0 aliphatic rings. The second-order valence-corrected chi connectivity index (χ2v) is 7.94. The highest BCUT2D eigenvalue weighted by atomic mass is 19.1. The molecule has 1 aromatic heterocycles. The molecule has 3 nitrogen and oxygen atoms in total. The molecule has 0 bridgehead atoms. The second-order valence-electron chi connectivity index (χ2n) is 7.94. The Hall–Kier alpha value is -4.64. The van der Waals surface area contributed by atoms with Gasteiger partial charge in [0, 0.05) is 39.1 Å². The van der Waals surface area contributed by atoms with E-state index in [0.717, 1.165) is 17.2 Å². The lowest BCUT2D eigenvalue weighted by Gasteiger charge is -2.12. The van der Waals surface area contributed by atoms with Crippen molar-refractivity contribution in [1.82, 2.24) is 0 Å². The molecule has 5 heteroatoms. The van der Waals surface area contributed by atoms with E-state index in [1.165, 1.54) is 53.2 Å². The molecule has 35 heavy (non-hydrogen) atoms. The Bertz CT molecular complexity index is 1540. The third-order valence-corrected chi connectivity index (χ3v) is 5.73. The van der Waals surface area contributed by atoms with Crippen molar-refractivity contribution in [3.63, 3.8) is 0 Å². The Morgan fingerprint density at radius 2 is 0.857 bits per heavy atom. The number of halogens is 2. The maximum absolute atomic E-state index is 13.9. The summed E-state index contributed by atoms with van der Waals surface area (Å²) >= 11 is 0. The van der Waals surface area contributed by atoms with Crippen LogP contribution in [0.4, 0.5) is 8.78 Å². The zero-order valence-corrected chi connectivity index (χ0v) is 18.5. The highest BCUT2D eigenvalue weighted by Gasteiger charge is 2.16. The fourth-order valence-corrected chi connectivity index (χ4v) is 4.04. The van der Waals surface area contributed by atoms with Crippen molar-refractivity contribution < 1.29 is 23.4 Å². The number of hydrogen-bond donors (Lipinski definition) is 2. The molecule has 6 rings (SSSR count). The highest BCUT2D eigenvalue weighted by Crippen LogP contribution is 2.41. The lowest BCUT2D eigenvalue weighted by Crippen LogP contribution is -1.89. The first-order valence-corrected chi connectivity index (χ1v) is 10.9. The average Bonchev–Trinajstić information content (AvgIpc) is 3.25. The molecule has 172 valence electrons. The van der Waals surface area contributed by atoms with Crippen LogP contribution < -0.4 is 0 Å². The number of hydrogen-bond acceptors (Lipinski definition) is 3. The van der Waals surface area contributed by atoms with Crippen molar-refractivity contribution in [1.29, 1.82) is 0 Å². The minimum atomic E-state index is -0.511. The quantitative estimate of drug-likeness (QED) is 0.270. The summed E-state index contributed by atoms with van der Waals surface area (Å²) in [5.74, 6) is -1.57. The van der Waals surface area contributed by atoms with Gasteiger partial charge in [0.15, 0.2) is 0 Å². The molecule has 0 fully saturated rings. The van der Waals surface area contributed by atoms with E-state index < -0.39 is 11.6 Å². The molecule has 2 N–H and O–H groups in total. The van der Waals surface area contributed by atoms with Crippen molar-refractivity contribution in [2.24, 2.45) is 0 Å². The minimum Gasteiger partial charge on any atom is -0.507 e. The zero-order valence-electron chi connectivity index (χ0n) is 18.5. The summed E-state index contributed by atoms with van der Waals surface area (Å²) in [6, 6.07) is 30.6.